The summed E-state index contributed by atoms with van der Waals surface area (Å²) in [6.07, 6.45) is -1.13. The van der Waals surface area contributed by atoms with Gasteiger partial charge < -0.3 is 9.84 Å². The van der Waals surface area contributed by atoms with Crippen LogP contribution in [0.1, 0.15) is 0 Å². The van der Waals surface area contributed by atoms with E-state index in [4.69, 9.17) is 33.7 Å². The molecule has 0 fully saturated rings. The van der Waals surface area contributed by atoms with Gasteiger partial charge in [0.2, 0.25) is 0 Å². The number of aliphatic hydroxyl groups is 1. The molecule has 0 aliphatic heterocycles. The number of hydrogen-bond donors (Lipinski definition) is 2. The molecule has 3 N–H and O–H groups in total. The molecule has 3 nitrogen and oxygen atoms in total. The van der Waals surface area contributed by atoms with Crippen molar-refractivity contribution >= 4 is 23.2 Å². The van der Waals surface area contributed by atoms with Crippen LogP contribution in [-0.4, -0.2) is 22.3 Å². The fourth-order valence-corrected chi connectivity index (χ4v) is 0.929. The van der Waals surface area contributed by atoms with Crippen molar-refractivity contribution in [3.63, 3.8) is 0 Å². The third-order valence-electron chi connectivity index (χ3n) is 1.60. The van der Waals surface area contributed by atoms with E-state index < -0.39 is 10.6 Å². The maximum Gasteiger partial charge on any atom is 0.195 e. The number of halogens is 2. The van der Waals surface area contributed by atoms with Crippen LogP contribution in [0.15, 0.2) is 30.3 Å². The highest BCUT2D eigenvalue weighted by Crippen LogP contribution is 2.19. The monoisotopic (exact) mass is 235 g/mol. The van der Waals surface area contributed by atoms with E-state index in [1.54, 1.807) is 12.1 Å². The van der Waals surface area contributed by atoms with Crippen LogP contribution in [0.4, 0.5) is 0 Å². The van der Waals surface area contributed by atoms with Gasteiger partial charge in [-0.1, -0.05) is 41.4 Å². The smallest absolute Gasteiger partial charge is 0.195 e. The molecule has 0 aromatic heterocycles. The van der Waals surface area contributed by atoms with Gasteiger partial charge in [-0.2, -0.15) is 0 Å². The van der Waals surface area contributed by atoms with Crippen molar-refractivity contribution in [2.45, 2.75) is 10.6 Å². The molecule has 0 heterocycles. The minimum absolute atomic E-state index is 0.0481. The Balaban J connectivity index is 2.42. The topological polar surface area (TPSA) is 55.5 Å². The maximum absolute atomic E-state index is 9.33. The second-order valence-corrected chi connectivity index (χ2v) is 4.26. The third-order valence-corrected chi connectivity index (χ3v) is 2.10. The Labute approximate surface area is 92.4 Å². The second kappa shape index (κ2) is 4.84. The van der Waals surface area contributed by atoms with Gasteiger partial charge in [0.1, 0.15) is 18.5 Å². The summed E-state index contributed by atoms with van der Waals surface area (Å²) >= 11 is 10.9. The lowest BCUT2D eigenvalue weighted by atomic mass is 10.3. The quantitative estimate of drug-likeness (QED) is 0.615. The van der Waals surface area contributed by atoms with E-state index in [-0.39, 0.29) is 6.61 Å². The summed E-state index contributed by atoms with van der Waals surface area (Å²) in [5.41, 5.74) is 5.24. The molecule has 0 radical (unpaired) electrons. The van der Waals surface area contributed by atoms with Gasteiger partial charge >= 0.3 is 0 Å². The molecule has 0 aliphatic rings. The molecule has 0 bridgehead atoms. The summed E-state index contributed by atoms with van der Waals surface area (Å²) in [6, 6.07) is 9.01. The van der Waals surface area contributed by atoms with Crippen LogP contribution >= 0.6 is 23.2 Å². The number of nitrogens with two attached hydrogens (primary N) is 1. The Hall–Kier alpha value is -0.480. The number of para-hydroxylation sites is 1. The van der Waals surface area contributed by atoms with Crippen LogP contribution in [0.5, 0.6) is 5.75 Å². The van der Waals surface area contributed by atoms with Crippen molar-refractivity contribution in [2.75, 3.05) is 6.61 Å². The van der Waals surface area contributed by atoms with Gasteiger partial charge in [0.05, 0.1) is 0 Å². The Bertz CT molecular complexity index is 274. The summed E-state index contributed by atoms with van der Waals surface area (Å²) in [5, 5.41) is 9.33. The lowest BCUT2D eigenvalue weighted by Crippen LogP contribution is -2.43. The van der Waals surface area contributed by atoms with Gasteiger partial charge in [-0.05, 0) is 12.1 Å². The van der Waals surface area contributed by atoms with Crippen LogP contribution in [0.3, 0.4) is 0 Å². The Morgan fingerprint density at radius 2 is 1.93 bits per heavy atom. The Kier molecular flexibility index (Phi) is 4.01. The minimum Gasteiger partial charge on any atom is -0.491 e. The lowest BCUT2D eigenvalue weighted by molar-refractivity contribution is 0.0945. The van der Waals surface area contributed by atoms with Crippen molar-refractivity contribution in [3.05, 3.63) is 30.3 Å². The lowest BCUT2D eigenvalue weighted by Gasteiger charge is -2.20. The fourth-order valence-electron chi connectivity index (χ4n) is 0.803. The maximum atomic E-state index is 9.33. The zero-order valence-corrected chi connectivity index (χ0v) is 8.87. The number of hydrogen-bond acceptors (Lipinski definition) is 3. The van der Waals surface area contributed by atoms with Crippen molar-refractivity contribution in [1.29, 1.82) is 0 Å². The van der Waals surface area contributed by atoms with Gasteiger partial charge in [0.15, 0.2) is 4.46 Å². The fraction of sp³-hybridized carbons (Fsp3) is 0.333. The molecule has 78 valence electrons. The molecule has 1 rings (SSSR count). The highest BCUT2D eigenvalue weighted by atomic mass is 35.5. The molecule has 5 heteroatoms. The van der Waals surface area contributed by atoms with Crippen LogP contribution in [0, 0.1) is 0 Å². The zero-order valence-electron chi connectivity index (χ0n) is 7.36. The summed E-state index contributed by atoms with van der Waals surface area (Å²) in [7, 11) is 0. The molecule has 1 aromatic rings. The summed E-state index contributed by atoms with van der Waals surface area (Å²) < 4.78 is 3.51. The summed E-state index contributed by atoms with van der Waals surface area (Å²) in [6.45, 7) is -0.0481. The number of ether oxygens (including phenoxy) is 1. The Morgan fingerprint density at radius 1 is 1.36 bits per heavy atom. The molecule has 0 amide bonds. The minimum atomic E-state index is -1.69. The van der Waals surface area contributed by atoms with E-state index in [1.165, 1.54) is 0 Å². The van der Waals surface area contributed by atoms with Crippen molar-refractivity contribution < 1.29 is 9.84 Å². The first kappa shape index (κ1) is 11.6. The van der Waals surface area contributed by atoms with E-state index in [1.807, 2.05) is 18.2 Å². The highest BCUT2D eigenvalue weighted by Gasteiger charge is 2.28. The molecular weight excluding hydrogens is 225 g/mol. The number of benzene rings is 1. The molecule has 0 spiro atoms. The van der Waals surface area contributed by atoms with Gasteiger partial charge in [-0.15, -0.1) is 0 Å². The average molecular weight is 236 g/mol. The van der Waals surface area contributed by atoms with Gasteiger partial charge in [-0.25, -0.2) is 0 Å². The van der Waals surface area contributed by atoms with Crippen molar-refractivity contribution in [1.82, 2.24) is 0 Å². The highest BCUT2D eigenvalue weighted by molar-refractivity contribution is 6.48. The molecule has 1 unspecified atom stereocenters. The molecule has 0 saturated carbocycles. The van der Waals surface area contributed by atoms with E-state index in [2.05, 4.69) is 0 Å². The third kappa shape index (κ3) is 3.72. The average Bonchev–Trinajstić information content (AvgIpc) is 2.14. The predicted molar refractivity (Wildman–Crippen MR) is 56.6 cm³/mol. The molecular formula is C9H11Cl2NO2. The standard InChI is InChI=1S/C9H11Cl2NO2/c10-9(11,12)8(13)6-14-7-4-2-1-3-5-7/h1-5,8,13H,6,12H2. The Morgan fingerprint density at radius 3 is 2.43 bits per heavy atom. The molecule has 1 aromatic carbocycles. The van der Waals surface area contributed by atoms with E-state index in [0.29, 0.717) is 5.75 Å². The molecule has 0 aliphatic carbocycles. The molecule has 14 heavy (non-hydrogen) atoms. The second-order valence-electron chi connectivity index (χ2n) is 2.81. The van der Waals surface area contributed by atoms with E-state index >= 15 is 0 Å². The molecule has 0 saturated heterocycles. The van der Waals surface area contributed by atoms with Crippen LogP contribution in [0.25, 0.3) is 0 Å². The van der Waals surface area contributed by atoms with E-state index in [9.17, 15) is 5.11 Å². The largest absolute Gasteiger partial charge is 0.491 e. The number of rotatable bonds is 4. The number of alkyl halides is 2. The SMILES string of the molecule is NC(Cl)(Cl)C(O)COc1ccccc1. The van der Waals surface area contributed by atoms with Crippen LogP contribution < -0.4 is 10.5 Å². The first-order chi connectivity index (χ1) is 6.50. The predicted octanol–water partition coefficient (Wildman–Crippen LogP) is 1.52. The first-order valence-corrected chi connectivity index (χ1v) is 4.78. The van der Waals surface area contributed by atoms with Crippen molar-refractivity contribution in [2.24, 2.45) is 5.73 Å². The van der Waals surface area contributed by atoms with Crippen LogP contribution in [0.2, 0.25) is 0 Å². The van der Waals surface area contributed by atoms with Gasteiger partial charge in [0.25, 0.3) is 0 Å². The summed E-state index contributed by atoms with van der Waals surface area (Å²) in [5.74, 6) is 0.629. The molecule has 1 atom stereocenters. The van der Waals surface area contributed by atoms with Crippen molar-refractivity contribution in [3.8, 4) is 5.75 Å². The number of aliphatic hydroxyl groups excluding tert-OH is 1. The normalized spacial score (nSPS) is 13.7. The summed E-state index contributed by atoms with van der Waals surface area (Å²) in [4.78, 5) is 0. The van der Waals surface area contributed by atoms with Gasteiger partial charge in [0, 0.05) is 0 Å². The van der Waals surface area contributed by atoms with E-state index in [0.717, 1.165) is 0 Å². The zero-order chi connectivity index (χ0) is 10.6. The first-order valence-electron chi connectivity index (χ1n) is 4.03. The van der Waals surface area contributed by atoms with Gasteiger partial charge in [-0.3, -0.25) is 5.73 Å². The van der Waals surface area contributed by atoms with Crippen LogP contribution in [-0.2, 0) is 0 Å².